The average Bonchev–Trinajstić information content (AvgIpc) is 2.47. The van der Waals surface area contributed by atoms with Crippen molar-refractivity contribution in [3.8, 4) is 0 Å². The molecule has 0 aliphatic rings. The minimum Gasteiger partial charge on any atom is -0.216 e. The summed E-state index contributed by atoms with van der Waals surface area (Å²) in [6.45, 7) is 0. The normalized spacial score (nSPS) is 13.1. The molecule has 2 aromatic rings. The minimum absolute atomic E-state index is 0.256. The second-order valence-electron chi connectivity index (χ2n) is 4.55. The molecular weight excluding hydrogens is 330 g/mol. The summed E-state index contributed by atoms with van der Waals surface area (Å²) < 4.78 is 51.5. The molecule has 0 fully saturated rings. The van der Waals surface area contributed by atoms with Gasteiger partial charge in [-0.05, 0) is 41.6 Å². The molecule has 0 radical (unpaired) electrons. The van der Waals surface area contributed by atoms with Crippen molar-refractivity contribution in [2.45, 2.75) is 10.9 Å². The van der Waals surface area contributed by atoms with E-state index < -0.39 is 27.9 Å². The SMILES string of the molecule is CSc1cccc([C@@H](NS(N)(=O)=O)c2ccc(F)c(F)c2)c1. The number of thioether (sulfide) groups is 1. The van der Waals surface area contributed by atoms with Crippen LogP contribution in [0.5, 0.6) is 0 Å². The number of benzene rings is 2. The van der Waals surface area contributed by atoms with Crippen LogP contribution in [-0.2, 0) is 10.2 Å². The smallest absolute Gasteiger partial charge is 0.216 e. The van der Waals surface area contributed by atoms with E-state index in [9.17, 15) is 17.2 Å². The predicted molar refractivity (Wildman–Crippen MR) is 82.7 cm³/mol. The van der Waals surface area contributed by atoms with Crippen LogP contribution in [-0.4, -0.2) is 14.7 Å². The monoisotopic (exact) mass is 344 g/mol. The zero-order chi connectivity index (χ0) is 16.3. The highest BCUT2D eigenvalue weighted by Gasteiger charge is 2.20. The fourth-order valence-electron chi connectivity index (χ4n) is 2.01. The fraction of sp³-hybridized carbons (Fsp3) is 0.143. The number of hydrogen-bond donors (Lipinski definition) is 2. The molecule has 0 unspecified atom stereocenters. The molecule has 4 nitrogen and oxygen atoms in total. The van der Waals surface area contributed by atoms with Crippen molar-refractivity contribution in [3.05, 3.63) is 65.2 Å². The minimum atomic E-state index is -4.04. The van der Waals surface area contributed by atoms with E-state index in [-0.39, 0.29) is 5.56 Å². The molecule has 0 bridgehead atoms. The van der Waals surface area contributed by atoms with Crippen molar-refractivity contribution in [3.63, 3.8) is 0 Å². The maximum Gasteiger partial charge on any atom is 0.275 e. The van der Waals surface area contributed by atoms with Crippen LogP contribution < -0.4 is 9.86 Å². The molecule has 2 rings (SSSR count). The van der Waals surface area contributed by atoms with E-state index in [2.05, 4.69) is 4.72 Å². The third-order valence-electron chi connectivity index (χ3n) is 2.99. The molecule has 0 heterocycles. The number of nitrogens with one attached hydrogen (secondary N) is 1. The molecule has 8 heteroatoms. The topological polar surface area (TPSA) is 72.2 Å². The van der Waals surface area contributed by atoms with Crippen molar-refractivity contribution in [1.29, 1.82) is 0 Å². The standard InChI is InChI=1S/C14H14F2N2O2S2/c1-21-11-4-2-3-9(7-11)14(18-22(17,19)20)10-5-6-12(15)13(16)8-10/h2-8,14,18H,1H3,(H2,17,19,20)/t14-/m1/s1. The summed E-state index contributed by atoms with van der Waals surface area (Å²) in [5, 5.41) is 5.04. The molecule has 0 saturated heterocycles. The van der Waals surface area contributed by atoms with Crippen LogP contribution in [0.4, 0.5) is 8.78 Å². The molecule has 0 aromatic heterocycles. The van der Waals surface area contributed by atoms with Crippen LogP contribution in [0.1, 0.15) is 17.2 Å². The summed E-state index contributed by atoms with van der Waals surface area (Å²) in [4.78, 5) is 0.904. The Morgan fingerprint density at radius 3 is 2.36 bits per heavy atom. The van der Waals surface area contributed by atoms with Crippen LogP contribution in [0.15, 0.2) is 47.4 Å². The van der Waals surface area contributed by atoms with E-state index in [4.69, 9.17) is 5.14 Å². The highest BCUT2D eigenvalue weighted by Crippen LogP contribution is 2.27. The van der Waals surface area contributed by atoms with E-state index >= 15 is 0 Å². The molecule has 2 aromatic carbocycles. The van der Waals surface area contributed by atoms with Gasteiger partial charge in [0.15, 0.2) is 11.6 Å². The lowest BCUT2D eigenvalue weighted by atomic mass is 9.99. The van der Waals surface area contributed by atoms with Gasteiger partial charge in [0.25, 0.3) is 10.2 Å². The molecule has 0 aliphatic carbocycles. The van der Waals surface area contributed by atoms with E-state index in [1.807, 2.05) is 12.3 Å². The summed E-state index contributed by atoms with van der Waals surface area (Å²) in [5.41, 5.74) is 0.832. The van der Waals surface area contributed by atoms with Crippen molar-refractivity contribution >= 4 is 22.0 Å². The Balaban J connectivity index is 2.52. The van der Waals surface area contributed by atoms with Gasteiger partial charge in [-0.25, -0.2) is 13.9 Å². The van der Waals surface area contributed by atoms with Crippen LogP contribution in [0.3, 0.4) is 0 Å². The third kappa shape index (κ3) is 4.26. The number of halogens is 2. The fourth-order valence-corrected chi connectivity index (χ4v) is 3.08. The Morgan fingerprint density at radius 1 is 1.09 bits per heavy atom. The maximum absolute atomic E-state index is 13.4. The molecule has 3 N–H and O–H groups in total. The zero-order valence-corrected chi connectivity index (χ0v) is 13.2. The van der Waals surface area contributed by atoms with Gasteiger partial charge in [0.1, 0.15) is 0 Å². The van der Waals surface area contributed by atoms with Gasteiger partial charge in [-0.1, -0.05) is 18.2 Å². The van der Waals surface area contributed by atoms with Gasteiger partial charge in [0.2, 0.25) is 0 Å². The Bertz CT molecular complexity index is 782. The summed E-state index contributed by atoms with van der Waals surface area (Å²) in [6.07, 6.45) is 1.87. The Hall–Kier alpha value is -1.48. The first-order valence-electron chi connectivity index (χ1n) is 6.19. The van der Waals surface area contributed by atoms with Crippen LogP contribution in [0.2, 0.25) is 0 Å². The molecule has 0 saturated carbocycles. The lowest BCUT2D eigenvalue weighted by molar-refractivity contribution is 0.505. The first-order valence-corrected chi connectivity index (χ1v) is 8.96. The van der Waals surface area contributed by atoms with Gasteiger partial charge in [-0.3, -0.25) is 0 Å². The van der Waals surface area contributed by atoms with E-state index in [1.54, 1.807) is 18.2 Å². The average molecular weight is 344 g/mol. The maximum atomic E-state index is 13.4. The molecular formula is C14H14F2N2O2S2. The first kappa shape index (κ1) is 16.9. The van der Waals surface area contributed by atoms with Gasteiger partial charge in [-0.2, -0.15) is 13.1 Å². The molecule has 0 amide bonds. The summed E-state index contributed by atoms with van der Waals surface area (Å²) in [7, 11) is -4.04. The number of hydrogen-bond acceptors (Lipinski definition) is 3. The second-order valence-corrected chi connectivity index (χ2v) is 6.75. The third-order valence-corrected chi connectivity index (χ3v) is 4.28. The summed E-state index contributed by atoms with van der Waals surface area (Å²) in [6, 6.07) is 9.35. The van der Waals surface area contributed by atoms with Crippen molar-refractivity contribution in [2.75, 3.05) is 6.26 Å². The quantitative estimate of drug-likeness (QED) is 0.819. The molecule has 118 valence electrons. The van der Waals surface area contributed by atoms with Crippen LogP contribution in [0.25, 0.3) is 0 Å². The lowest BCUT2D eigenvalue weighted by Crippen LogP contribution is -2.35. The lowest BCUT2D eigenvalue weighted by Gasteiger charge is -2.19. The predicted octanol–water partition coefficient (Wildman–Crippen LogP) is 2.57. The van der Waals surface area contributed by atoms with Crippen LogP contribution in [0, 0.1) is 11.6 Å². The van der Waals surface area contributed by atoms with Gasteiger partial charge in [-0.15, -0.1) is 11.8 Å². The van der Waals surface area contributed by atoms with E-state index in [0.29, 0.717) is 5.56 Å². The van der Waals surface area contributed by atoms with Gasteiger partial charge in [0, 0.05) is 4.90 Å². The second kappa shape index (κ2) is 6.74. The van der Waals surface area contributed by atoms with Crippen LogP contribution >= 0.6 is 11.8 Å². The Kier molecular flexibility index (Phi) is 5.17. The van der Waals surface area contributed by atoms with E-state index in [1.165, 1.54) is 17.8 Å². The molecule has 0 spiro atoms. The van der Waals surface area contributed by atoms with E-state index in [0.717, 1.165) is 17.0 Å². The number of nitrogens with two attached hydrogens (primary N) is 1. The Labute approximate surface area is 131 Å². The van der Waals surface area contributed by atoms with Crippen molar-refractivity contribution in [1.82, 2.24) is 4.72 Å². The van der Waals surface area contributed by atoms with Gasteiger partial charge >= 0.3 is 0 Å². The number of rotatable bonds is 5. The highest BCUT2D eigenvalue weighted by molar-refractivity contribution is 7.98. The zero-order valence-electron chi connectivity index (χ0n) is 11.6. The molecule has 1 atom stereocenters. The summed E-state index contributed by atoms with van der Waals surface area (Å²) in [5.74, 6) is -2.06. The molecule has 22 heavy (non-hydrogen) atoms. The summed E-state index contributed by atoms with van der Waals surface area (Å²) >= 11 is 1.48. The first-order chi connectivity index (χ1) is 10.3. The van der Waals surface area contributed by atoms with Gasteiger partial charge in [0.05, 0.1) is 6.04 Å². The highest BCUT2D eigenvalue weighted by atomic mass is 32.2. The largest absolute Gasteiger partial charge is 0.275 e. The molecule has 0 aliphatic heterocycles. The van der Waals surface area contributed by atoms with Crippen molar-refractivity contribution < 1.29 is 17.2 Å². The van der Waals surface area contributed by atoms with Crippen molar-refractivity contribution in [2.24, 2.45) is 5.14 Å². The van der Waals surface area contributed by atoms with Gasteiger partial charge < -0.3 is 0 Å². The Morgan fingerprint density at radius 2 is 1.77 bits per heavy atom.